The molecule has 2 aromatic rings. The number of thiazole rings is 1. The van der Waals surface area contributed by atoms with Crippen LogP contribution in [-0.2, 0) is 16.0 Å². The Kier molecular flexibility index (Phi) is 6.94. The van der Waals surface area contributed by atoms with E-state index in [-0.39, 0.29) is 11.9 Å². The lowest BCUT2D eigenvalue weighted by molar-refractivity contribution is -0.145. The number of fused-ring (bicyclic) bond motifs is 1. The number of urea groups is 1. The highest BCUT2D eigenvalue weighted by atomic mass is 32.2. The van der Waals surface area contributed by atoms with Gasteiger partial charge in [-0.2, -0.15) is 0 Å². The van der Waals surface area contributed by atoms with Crippen LogP contribution in [0.3, 0.4) is 0 Å². The van der Waals surface area contributed by atoms with Crippen molar-refractivity contribution >= 4 is 57.5 Å². The summed E-state index contributed by atoms with van der Waals surface area (Å²) in [5, 5.41) is 15.5. The maximum atomic E-state index is 13.3. The third-order valence-electron chi connectivity index (χ3n) is 6.04. The minimum atomic E-state index is -0.848. The minimum absolute atomic E-state index is 0.0344. The second-order valence-electron chi connectivity index (χ2n) is 9.22. The van der Waals surface area contributed by atoms with Crippen molar-refractivity contribution in [1.82, 2.24) is 4.98 Å². The van der Waals surface area contributed by atoms with Crippen molar-refractivity contribution in [1.29, 1.82) is 0 Å². The molecule has 1 saturated carbocycles. The first-order valence-corrected chi connectivity index (χ1v) is 12.8. The Balaban J connectivity index is 1.47. The third kappa shape index (κ3) is 5.67. The minimum Gasteiger partial charge on any atom is -0.481 e. The molecule has 4 rings (SSSR count). The number of carbonyl (C=O) groups excluding carboxylic acids is 2. The number of hydrogen-bond donors (Lipinski definition) is 3. The lowest BCUT2D eigenvalue weighted by Crippen LogP contribution is -2.38. The largest absolute Gasteiger partial charge is 0.481 e. The zero-order valence-corrected chi connectivity index (χ0v) is 20.4. The van der Waals surface area contributed by atoms with E-state index < -0.39 is 11.4 Å². The van der Waals surface area contributed by atoms with Crippen LogP contribution in [0.1, 0.15) is 45.1 Å². The normalized spacial score (nSPS) is 15.9. The number of amides is 3. The van der Waals surface area contributed by atoms with Crippen molar-refractivity contribution in [3.8, 4) is 0 Å². The number of nitrogens with zero attached hydrogens (tertiary/aromatic N) is 2. The van der Waals surface area contributed by atoms with Crippen molar-refractivity contribution in [3.63, 3.8) is 0 Å². The van der Waals surface area contributed by atoms with Crippen LogP contribution in [-0.4, -0.2) is 40.3 Å². The smallest absolute Gasteiger partial charge is 0.328 e. The number of carbonyl (C=O) groups is 3. The van der Waals surface area contributed by atoms with Gasteiger partial charge in [0.1, 0.15) is 0 Å². The van der Waals surface area contributed by atoms with Gasteiger partial charge in [0.2, 0.25) is 5.91 Å². The van der Waals surface area contributed by atoms with E-state index in [1.54, 1.807) is 24.9 Å². The predicted molar refractivity (Wildman–Crippen MR) is 131 cm³/mol. The zero-order chi connectivity index (χ0) is 23.6. The summed E-state index contributed by atoms with van der Waals surface area (Å²) in [6, 6.07) is 5.40. The second kappa shape index (κ2) is 9.72. The van der Waals surface area contributed by atoms with Crippen LogP contribution < -0.4 is 15.5 Å². The molecule has 176 valence electrons. The molecule has 1 aliphatic carbocycles. The average Bonchev–Trinajstić information content (AvgIpc) is 3.50. The van der Waals surface area contributed by atoms with E-state index in [1.807, 2.05) is 18.2 Å². The molecule has 0 atom stereocenters. The number of anilines is 3. The van der Waals surface area contributed by atoms with Crippen LogP contribution >= 0.6 is 23.1 Å². The summed E-state index contributed by atoms with van der Waals surface area (Å²) < 4.78 is 0.849. The highest BCUT2D eigenvalue weighted by Gasteiger charge is 2.28. The van der Waals surface area contributed by atoms with Crippen molar-refractivity contribution in [2.24, 2.45) is 11.3 Å². The van der Waals surface area contributed by atoms with Crippen molar-refractivity contribution in [2.75, 3.05) is 27.8 Å². The molecule has 0 saturated heterocycles. The number of thioether (sulfide) groups is 1. The molecule has 3 amide bonds. The third-order valence-corrected chi connectivity index (χ3v) is 8.61. The Morgan fingerprint density at radius 3 is 2.82 bits per heavy atom. The molecule has 1 aromatic carbocycles. The monoisotopic (exact) mass is 488 g/mol. The van der Waals surface area contributed by atoms with Crippen molar-refractivity contribution in [3.05, 3.63) is 30.0 Å². The number of rotatable bonds is 8. The standard InChI is InChI=1S/C23H28N4O4S2/c1-23(2,20(29)30)13-32-19-11-24-21(33-19)26-22(31)27(12-14-5-3-4-6-14)16-8-7-15-9-18(28)25-17(15)10-16/h7-8,10-11,14H,3-6,9,12-13H2,1-2H3,(H,25,28)(H,29,30)(H,24,26,31). The molecular weight excluding hydrogens is 460 g/mol. The van der Waals surface area contributed by atoms with Gasteiger partial charge in [-0.05, 0) is 50.3 Å². The molecule has 1 fully saturated rings. The molecule has 3 N–H and O–H groups in total. The van der Waals surface area contributed by atoms with Gasteiger partial charge < -0.3 is 10.4 Å². The average molecular weight is 489 g/mol. The summed E-state index contributed by atoms with van der Waals surface area (Å²) in [5.74, 6) is -0.0275. The van der Waals surface area contributed by atoms with Crippen LogP contribution in [0.25, 0.3) is 0 Å². The summed E-state index contributed by atoms with van der Waals surface area (Å²) in [7, 11) is 0. The maximum absolute atomic E-state index is 13.3. The topological polar surface area (TPSA) is 112 Å². The second-order valence-corrected chi connectivity index (χ2v) is 11.5. The first kappa shape index (κ1) is 23.6. The van der Waals surface area contributed by atoms with Gasteiger partial charge in [0.15, 0.2) is 5.13 Å². The number of benzene rings is 1. The van der Waals surface area contributed by atoms with Gasteiger partial charge in [0, 0.05) is 23.7 Å². The van der Waals surface area contributed by atoms with Gasteiger partial charge in [-0.1, -0.05) is 30.2 Å². The van der Waals surface area contributed by atoms with E-state index >= 15 is 0 Å². The number of hydrogen-bond acceptors (Lipinski definition) is 6. The molecule has 10 heteroatoms. The summed E-state index contributed by atoms with van der Waals surface area (Å²) >= 11 is 2.75. The Labute approximate surface area is 201 Å². The zero-order valence-electron chi connectivity index (χ0n) is 18.7. The van der Waals surface area contributed by atoms with Gasteiger partial charge in [-0.15, -0.1) is 11.8 Å². The summed E-state index contributed by atoms with van der Waals surface area (Å²) in [6.07, 6.45) is 6.59. The highest BCUT2D eigenvalue weighted by molar-refractivity contribution is 8.01. The van der Waals surface area contributed by atoms with E-state index in [2.05, 4.69) is 15.6 Å². The Bertz CT molecular complexity index is 1060. The van der Waals surface area contributed by atoms with Crippen molar-refractivity contribution in [2.45, 2.75) is 50.2 Å². The number of aliphatic carboxylic acids is 1. The molecule has 0 unspecified atom stereocenters. The van der Waals surface area contributed by atoms with Crippen LogP contribution in [0.15, 0.2) is 28.6 Å². The molecule has 0 spiro atoms. The summed E-state index contributed by atoms with van der Waals surface area (Å²) in [5.41, 5.74) is 1.60. The SMILES string of the molecule is CC(C)(CSc1cnc(NC(=O)N(CC2CCCC2)c2ccc3c(c2)NC(=O)C3)s1)C(=O)O. The Morgan fingerprint density at radius 2 is 2.09 bits per heavy atom. The van der Waals surface area contributed by atoms with Gasteiger partial charge in [0.05, 0.1) is 22.2 Å². The van der Waals surface area contributed by atoms with Gasteiger partial charge in [0.25, 0.3) is 0 Å². The fourth-order valence-electron chi connectivity index (χ4n) is 3.98. The number of nitrogens with one attached hydrogen (secondary N) is 2. The Hall–Kier alpha value is -2.59. The fourth-order valence-corrected chi connectivity index (χ4v) is 5.93. The van der Waals surface area contributed by atoms with E-state index in [0.29, 0.717) is 29.8 Å². The highest BCUT2D eigenvalue weighted by Crippen LogP contribution is 2.35. The summed E-state index contributed by atoms with van der Waals surface area (Å²) in [6.45, 7) is 3.98. The molecule has 0 radical (unpaired) electrons. The number of carboxylic acids is 1. The van der Waals surface area contributed by atoms with Gasteiger partial charge >= 0.3 is 12.0 Å². The van der Waals surface area contributed by atoms with Crippen LogP contribution in [0.5, 0.6) is 0 Å². The summed E-state index contributed by atoms with van der Waals surface area (Å²) in [4.78, 5) is 42.4. The van der Waals surface area contributed by atoms with E-state index in [0.717, 1.165) is 34.0 Å². The molecule has 33 heavy (non-hydrogen) atoms. The van der Waals surface area contributed by atoms with Crippen LogP contribution in [0.4, 0.5) is 21.3 Å². The molecule has 2 heterocycles. The van der Waals surface area contributed by atoms with Crippen LogP contribution in [0, 0.1) is 11.3 Å². The van der Waals surface area contributed by atoms with E-state index in [4.69, 9.17) is 0 Å². The van der Waals surface area contributed by atoms with Gasteiger partial charge in [-0.3, -0.25) is 19.8 Å². The number of carboxylic acid groups (broad SMARTS) is 1. The fraction of sp³-hybridized carbons (Fsp3) is 0.478. The maximum Gasteiger partial charge on any atom is 0.328 e. The van der Waals surface area contributed by atoms with Crippen molar-refractivity contribution < 1.29 is 19.5 Å². The molecule has 0 bridgehead atoms. The first-order valence-electron chi connectivity index (χ1n) is 11.0. The molecular formula is C23H28N4O4S2. The van der Waals surface area contributed by atoms with Gasteiger partial charge in [-0.25, -0.2) is 9.78 Å². The number of aromatic nitrogens is 1. The predicted octanol–water partition coefficient (Wildman–Crippen LogP) is 5.07. The van der Waals surface area contributed by atoms with E-state index in [1.165, 1.54) is 35.9 Å². The quantitative estimate of drug-likeness (QED) is 0.447. The van der Waals surface area contributed by atoms with E-state index in [9.17, 15) is 19.5 Å². The van der Waals surface area contributed by atoms with Crippen LogP contribution in [0.2, 0.25) is 0 Å². The molecule has 2 aliphatic rings. The molecule has 1 aliphatic heterocycles. The first-order chi connectivity index (χ1) is 15.7. The lowest BCUT2D eigenvalue weighted by Gasteiger charge is -2.26. The molecule has 8 nitrogen and oxygen atoms in total. The molecule has 1 aromatic heterocycles. The lowest BCUT2D eigenvalue weighted by atomic mass is 9.97. The Morgan fingerprint density at radius 1 is 1.33 bits per heavy atom.